The Labute approximate surface area is 92.7 Å². The summed E-state index contributed by atoms with van der Waals surface area (Å²) in [7, 11) is -1.70. The van der Waals surface area contributed by atoms with Crippen molar-refractivity contribution >= 4 is 7.12 Å². The van der Waals surface area contributed by atoms with E-state index in [9.17, 15) is 13.2 Å². The third-order valence-corrected chi connectivity index (χ3v) is 2.99. The van der Waals surface area contributed by atoms with Crippen LogP contribution in [-0.2, 0) is 4.74 Å². The van der Waals surface area contributed by atoms with E-state index in [0.717, 1.165) is 0 Å². The first kappa shape index (κ1) is 13.8. The molecule has 0 aromatic rings. The van der Waals surface area contributed by atoms with Crippen molar-refractivity contribution in [3.8, 4) is 0 Å². The summed E-state index contributed by atoms with van der Waals surface area (Å²) in [5, 5.41) is 18.0. The van der Waals surface area contributed by atoms with Crippen molar-refractivity contribution in [3.05, 3.63) is 0 Å². The Morgan fingerprint density at radius 2 is 1.88 bits per heavy atom. The maximum absolute atomic E-state index is 12.6. The van der Waals surface area contributed by atoms with Gasteiger partial charge < -0.3 is 14.8 Å². The highest BCUT2D eigenvalue weighted by Crippen LogP contribution is 2.43. The third-order valence-electron chi connectivity index (χ3n) is 2.99. The summed E-state index contributed by atoms with van der Waals surface area (Å²) in [4.78, 5) is 0. The summed E-state index contributed by atoms with van der Waals surface area (Å²) in [6, 6.07) is 0. The standard InChI is InChI=1S/C9H16BF3O3/c1-2-16-8-4-6(9(11,12)13)3-7(5-8)10(14)15/h6-8,14-15H,2-5H2,1H3. The molecule has 1 fully saturated rings. The number of ether oxygens (including phenoxy) is 1. The molecule has 0 aromatic heterocycles. The molecule has 2 N–H and O–H groups in total. The number of alkyl halides is 3. The minimum atomic E-state index is -4.29. The maximum atomic E-state index is 12.6. The Bertz CT molecular complexity index is 223. The minimum Gasteiger partial charge on any atom is -0.427 e. The van der Waals surface area contributed by atoms with Crippen LogP contribution >= 0.6 is 0 Å². The summed E-state index contributed by atoms with van der Waals surface area (Å²) in [5.41, 5.74) is 0. The highest BCUT2D eigenvalue weighted by Gasteiger charge is 2.47. The molecule has 0 spiro atoms. The topological polar surface area (TPSA) is 49.7 Å². The zero-order valence-electron chi connectivity index (χ0n) is 9.07. The Morgan fingerprint density at radius 3 is 2.31 bits per heavy atom. The first-order chi connectivity index (χ1) is 7.34. The summed E-state index contributed by atoms with van der Waals surface area (Å²) in [6.45, 7) is 2.05. The van der Waals surface area contributed by atoms with Gasteiger partial charge in [0, 0.05) is 6.61 Å². The van der Waals surface area contributed by atoms with Gasteiger partial charge in [0.15, 0.2) is 0 Å². The largest absolute Gasteiger partial charge is 0.454 e. The van der Waals surface area contributed by atoms with Gasteiger partial charge in [0.05, 0.1) is 12.0 Å². The Balaban J connectivity index is 2.66. The molecule has 3 unspecified atom stereocenters. The Hall–Kier alpha value is -0.265. The smallest absolute Gasteiger partial charge is 0.427 e. The zero-order valence-corrected chi connectivity index (χ0v) is 9.07. The fraction of sp³-hybridized carbons (Fsp3) is 1.00. The van der Waals surface area contributed by atoms with Gasteiger partial charge in [-0.2, -0.15) is 13.2 Å². The van der Waals surface area contributed by atoms with Crippen LogP contribution in [-0.4, -0.2) is 36.1 Å². The fourth-order valence-electron chi connectivity index (χ4n) is 2.19. The van der Waals surface area contributed by atoms with Gasteiger partial charge in [0.25, 0.3) is 0 Å². The van der Waals surface area contributed by atoms with E-state index in [1.807, 2.05) is 0 Å². The lowest BCUT2D eigenvalue weighted by Crippen LogP contribution is -2.39. The van der Waals surface area contributed by atoms with Crippen LogP contribution in [0.5, 0.6) is 0 Å². The minimum absolute atomic E-state index is 0.0828. The van der Waals surface area contributed by atoms with Crippen molar-refractivity contribution in [1.82, 2.24) is 0 Å². The van der Waals surface area contributed by atoms with E-state index >= 15 is 0 Å². The first-order valence-corrected chi connectivity index (χ1v) is 5.39. The van der Waals surface area contributed by atoms with Crippen LogP contribution in [0.1, 0.15) is 26.2 Å². The van der Waals surface area contributed by atoms with Crippen molar-refractivity contribution in [2.75, 3.05) is 6.61 Å². The van der Waals surface area contributed by atoms with E-state index in [4.69, 9.17) is 14.8 Å². The van der Waals surface area contributed by atoms with Gasteiger partial charge in [0.1, 0.15) is 0 Å². The molecule has 1 saturated carbocycles. The number of hydrogen-bond acceptors (Lipinski definition) is 3. The van der Waals surface area contributed by atoms with Crippen molar-refractivity contribution in [2.45, 2.75) is 44.3 Å². The molecule has 94 valence electrons. The summed E-state index contributed by atoms with van der Waals surface area (Å²) < 4.78 is 42.9. The molecule has 1 rings (SSSR count). The van der Waals surface area contributed by atoms with Gasteiger partial charge in [0.2, 0.25) is 0 Å². The summed E-state index contributed by atoms with van der Waals surface area (Å²) in [6.07, 6.45) is -4.86. The van der Waals surface area contributed by atoms with E-state index in [1.165, 1.54) is 0 Å². The molecule has 1 aliphatic rings. The predicted molar refractivity (Wildman–Crippen MR) is 52.8 cm³/mol. The Morgan fingerprint density at radius 1 is 1.25 bits per heavy atom. The second kappa shape index (κ2) is 5.38. The van der Waals surface area contributed by atoms with Crippen LogP contribution in [0, 0.1) is 5.92 Å². The lowest BCUT2D eigenvalue weighted by atomic mass is 9.62. The van der Waals surface area contributed by atoms with Crippen LogP contribution < -0.4 is 0 Å². The van der Waals surface area contributed by atoms with Crippen LogP contribution in [0.4, 0.5) is 13.2 Å². The normalized spacial score (nSPS) is 31.5. The van der Waals surface area contributed by atoms with Gasteiger partial charge in [-0.1, -0.05) is 0 Å². The molecular weight excluding hydrogens is 224 g/mol. The quantitative estimate of drug-likeness (QED) is 0.736. The molecule has 0 saturated heterocycles. The lowest BCUT2D eigenvalue weighted by molar-refractivity contribution is -0.192. The van der Waals surface area contributed by atoms with Crippen LogP contribution in [0.15, 0.2) is 0 Å². The predicted octanol–water partition coefficient (Wildman–Crippen LogP) is 1.60. The first-order valence-electron chi connectivity index (χ1n) is 5.39. The molecule has 0 aliphatic heterocycles. The fourth-order valence-corrected chi connectivity index (χ4v) is 2.19. The molecule has 1 aliphatic carbocycles. The number of halogens is 3. The Kier molecular flexibility index (Phi) is 4.64. The molecule has 3 atom stereocenters. The molecule has 0 radical (unpaired) electrons. The third kappa shape index (κ3) is 3.64. The molecule has 0 heterocycles. The molecular formula is C9H16BF3O3. The van der Waals surface area contributed by atoms with Gasteiger partial charge in [-0.05, 0) is 32.0 Å². The summed E-state index contributed by atoms with van der Waals surface area (Å²) in [5.74, 6) is -2.25. The second-order valence-electron chi connectivity index (χ2n) is 4.20. The zero-order chi connectivity index (χ0) is 12.3. The van der Waals surface area contributed by atoms with Gasteiger partial charge >= 0.3 is 13.3 Å². The lowest BCUT2D eigenvalue weighted by Gasteiger charge is -2.35. The molecule has 0 bridgehead atoms. The summed E-state index contributed by atoms with van der Waals surface area (Å²) >= 11 is 0. The highest BCUT2D eigenvalue weighted by atomic mass is 19.4. The van der Waals surface area contributed by atoms with E-state index in [1.54, 1.807) is 6.92 Å². The van der Waals surface area contributed by atoms with Crippen molar-refractivity contribution in [1.29, 1.82) is 0 Å². The van der Waals surface area contributed by atoms with Gasteiger partial charge in [-0.15, -0.1) is 0 Å². The van der Waals surface area contributed by atoms with Gasteiger partial charge in [-0.25, -0.2) is 0 Å². The molecule has 0 aromatic carbocycles. The monoisotopic (exact) mass is 240 g/mol. The molecule has 0 amide bonds. The molecule has 3 nitrogen and oxygen atoms in total. The van der Waals surface area contributed by atoms with E-state index < -0.39 is 31.1 Å². The average Bonchev–Trinajstić information content (AvgIpc) is 2.16. The maximum Gasteiger partial charge on any atom is 0.454 e. The SMILES string of the molecule is CCOC1CC(B(O)O)CC(C(F)(F)F)C1. The second-order valence-corrected chi connectivity index (χ2v) is 4.20. The average molecular weight is 240 g/mol. The van der Waals surface area contributed by atoms with Crippen LogP contribution in [0.3, 0.4) is 0 Å². The van der Waals surface area contributed by atoms with Gasteiger partial charge in [-0.3, -0.25) is 0 Å². The van der Waals surface area contributed by atoms with Crippen LogP contribution in [0.2, 0.25) is 5.82 Å². The van der Waals surface area contributed by atoms with Crippen molar-refractivity contribution in [3.63, 3.8) is 0 Å². The van der Waals surface area contributed by atoms with Crippen LogP contribution in [0.25, 0.3) is 0 Å². The van der Waals surface area contributed by atoms with E-state index in [0.29, 0.717) is 6.61 Å². The van der Waals surface area contributed by atoms with Crippen molar-refractivity contribution < 1.29 is 28.0 Å². The highest BCUT2D eigenvalue weighted by molar-refractivity contribution is 6.43. The van der Waals surface area contributed by atoms with E-state index in [2.05, 4.69) is 0 Å². The van der Waals surface area contributed by atoms with E-state index in [-0.39, 0.29) is 19.3 Å². The number of hydrogen-bond donors (Lipinski definition) is 2. The number of rotatable bonds is 3. The molecule has 16 heavy (non-hydrogen) atoms. The molecule has 7 heteroatoms. The van der Waals surface area contributed by atoms with Crippen molar-refractivity contribution in [2.24, 2.45) is 5.92 Å².